The van der Waals surface area contributed by atoms with Crippen molar-refractivity contribution in [3.63, 3.8) is 0 Å². The van der Waals surface area contributed by atoms with Crippen molar-refractivity contribution in [1.29, 1.82) is 0 Å². The highest BCUT2D eigenvalue weighted by atomic mass is 16.5. The molecular formula is C20H15N3O2. The molecule has 1 N–H and O–H groups in total. The number of aromatic nitrogens is 3. The normalized spacial score (nSPS) is 10.8. The first-order valence-corrected chi connectivity index (χ1v) is 7.83. The quantitative estimate of drug-likeness (QED) is 0.572. The predicted octanol–water partition coefficient (Wildman–Crippen LogP) is 4.11. The van der Waals surface area contributed by atoms with E-state index in [4.69, 9.17) is 4.74 Å². The van der Waals surface area contributed by atoms with Gasteiger partial charge < -0.3 is 9.72 Å². The molecule has 5 heteroatoms. The SMILES string of the molecule is COc1ccc(-c2ccnc3nc(-c4ccc(C=O)cc4)[nH]c23)cc1. The topological polar surface area (TPSA) is 67.9 Å². The van der Waals surface area contributed by atoms with Gasteiger partial charge in [0.25, 0.3) is 0 Å². The van der Waals surface area contributed by atoms with Gasteiger partial charge in [-0.3, -0.25) is 4.79 Å². The van der Waals surface area contributed by atoms with Gasteiger partial charge in [-0.1, -0.05) is 36.4 Å². The summed E-state index contributed by atoms with van der Waals surface area (Å²) >= 11 is 0. The molecule has 2 heterocycles. The average Bonchev–Trinajstić information content (AvgIpc) is 3.12. The molecule has 0 amide bonds. The lowest BCUT2D eigenvalue weighted by atomic mass is 10.1. The van der Waals surface area contributed by atoms with Crippen LogP contribution in [0.3, 0.4) is 0 Å². The van der Waals surface area contributed by atoms with Gasteiger partial charge in [-0.2, -0.15) is 0 Å². The Morgan fingerprint density at radius 1 is 0.960 bits per heavy atom. The van der Waals surface area contributed by atoms with Crippen molar-refractivity contribution in [3.8, 4) is 28.3 Å². The molecular weight excluding hydrogens is 314 g/mol. The van der Waals surface area contributed by atoms with Gasteiger partial charge in [0.05, 0.1) is 12.6 Å². The zero-order valence-electron chi connectivity index (χ0n) is 13.6. The Morgan fingerprint density at radius 3 is 2.36 bits per heavy atom. The number of benzene rings is 2. The minimum Gasteiger partial charge on any atom is -0.497 e. The summed E-state index contributed by atoms with van der Waals surface area (Å²) in [5.41, 5.74) is 5.15. The summed E-state index contributed by atoms with van der Waals surface area (Å²) in [4.78, 5) is 23.1. The third kappa shape index (κ3) is 2.76. The Morgan fingerprint density at radius 2 is 1.68 bits per heavy atom. The Labute approximate surface area is 144 Å². The van der Waals surface area contributed by atoms with Crippen LogP contribution >= 0.6 is 0 Å². The number of pyridine rings is 1. The minimum atomic E-state index is 0.636. The van der Waals surface area contributed by atoms with Crippen molar-refractivity contribution in [2.24, 2.45) is 0 Å². The Balaban J connectivity index is 1.81. The van der Waals surface area contributed by atoms with E-state index in [0.29, 0.717) is 11.2 Å². The van der Waals surface area contributed by atoms with Crippen LogP contribution in [0, 0.1) is 0 Å². The number of aromatic amines is 1. The second kappa shape index (κ2) is 6.20. The summed E-state index contributed by atoms with van der Waals surface area (Å²) in [7, 11) is 1.65. The summed E-state index contributed by atoms with van der Waals surface area (Å²) in [6, 6.07) is 17.1. The molecule has 0 aliphatic carbocycles. The molecule has 0 saturated heterocycles. The number of fused-ring (bicyclic) bond motifs is 1. The highest BCUT2D eigenvalue weighted by Crippen LogP contribution is 2.29. The molecule has 5 nitrogen and oxygen atoms in total. The maximum Gasteiger partial charge on any atom is 0.178 e. The van der Waals surface area contributed by atoms with Crippen LogP contribution in [0.5, 0.6) is 5.75 Å². The highest BCUT2D eigenvalue weighted by molar-refractivity contribution is 5.91. The van der Waals surface area contributed by atoms with E-state index >= 15 is 0 Å². The van der Waals surface area contributed by atoms with Gasteiger partial charge in [0, 0.05) is 22.9 Å². The monoisotopic (exact) mass is 329 g/mol. The number of nitrogens with one attached hydrogen (secondary N) is 1. The number of ether oxygens (including phenoxy) is 1. The van der Waals surface area contributed by atoms with Crippen LogP contribution < -0.4 is 4.74 Å². The zero-order valence-corrected chi connectivity index (χ0v) is 13.6. The molecule has 4 aromatic rings. The molecule has 25 heavy (non-hydrogen) atoms. The molecule has 4 rings (SSSR count). The van der Waals surface area contributed by atoms with E-state index in [-0.39, 0.29) is 0 Å². The number of hydrogen-bond acceptors (Lipinski definition) is 4. The van der Waals surface area contributed by atoms with E-state index in [1.807, 2.05) is 42.5 Å². The Hall–Kier alpha value is -3.47. The first kappa shape index (κ1) is 15.1. The lowest BCUT2D eigenvalue weighted by Crippen LogP contribution is -1.85. The number of carbonyl (C=O) groups excluding carboxylic acids is 1. The molecule has 0 unspecified atom stereocenters. The standard InChI is InChI=1S/C20H15N3O2/c1-25-16-8-6-14(7-9-16)17-10-11-21-20-18(17)22-19(23-20)15-4-2-13(12-24)3-5-15/h2-12H,1H3,(H,21,22,23). The first-order valence-electron chi connectivity index (χ1n) is 7.83. The van der Waals surface area contributed by atoms with Gasteiger partial charge in [-0.15, -0.1) is 0 Å². The van der Waals surface area contributed by atoms with E-state index in [1.54, 1.807) is 25.4 Å². The molecule has 0 aliphatic heterocycles. The zero-order chi connectivity index (χ0) is 17.2. The van der Waals surface area contributed by atoms with Crippen LogP contribution in [-0.4, -0.2) is 28.3 Å². The molecule has 0 spiro atoms. The number of aldehydes is 1. The van der Waals surface area contributed by atoms with Crippen molar-refractivity contribution >= 4 is 17.5 Å². The molecule has 122 valence electrons. The third-order valence-corrected chi connectivity index (χ3v) is 4.11. The number of H-pyrrole nitrogens is 1. The number of methoxy groups -OCH3 is 1. The second-order valence-electron chi connectivity index (χ2n) is 5.61. The summed E-state index contributed by atoms with van der Waals surface area (Å²) in [6.07, 6.45) is 2.58. The number of nitrogens with zero attached hydrogens (tertiary/aromatic N) is 2. The van der Waals surface area contributed by atoms with Gasteiger partial charge in [0.2, 0.25) is 0 Å². The van der Waals surface area contributed by atoms with Crippen molar-refractivity contribution < 1.29 is 9.53 Å². The van der Waals surface area contributed by atoms with Crippen LogP contribution in [0.4, 0.5) is 0 Å². The van der Waals surface area contributed by atoms with E-state index < -0.39 is 0 Å². The van der Waals surface area contributed by atoms with E-state index in [0.717, 1.165) is 40.1 Å². The minimum absolute atomic E-state index is 0.636. The van der Waals surface area contributed by atoms with Gasteiger partial charge in [-0.25, -0.2) is 9.97 Å². The molecule has 0 aliphatic rings. The largest absolute Gasteiger partial charge is 0.497 e. The van der Waals surface area contributed by atoms with Crippen molar-refractivity contribution in [1.82, 2.24) is 15.0 Å². The second-order valence-corrected chi connectivity index (χ2v) is 5.61. The van der Waals surface area contributed by atoms with Crippen LogP contribution in [0.25, 0.3) is 33.7 Å². The summed E-state index contributed by atoms with van der Waals surface area (Å²) < 4.78 is 5.22. The molecule has 0 saturated carbocycles. The number of rotatable bonds is 4. The van der Waals surface area contributed by atoms with Crippen LogP contribution in [0.2, 0.25) is 0 Å². The smallest absolute Gasteiger partial charge is 0.178 e. The number of hydrogen-bond donors (Lipinski definition) is 1. The van der Waals surface area contributed by atoms with E-state index in [1.165, 1.54) is 0 Å². The van der Waals surface area contributed by atoms with E-state index in [2.05, 4.69) is 15.0 Å². The summed E-state index contributed by atoms with van der Waals surface area (Å²) in [6.45, 7) is 0. The first-order chi connectivity index (χ1) is 12.3. The summed E-state index contributed by atoms with van der Waals surface area (Å²) in [5.74, 6) is 1.54. The molecule has 0 atom stereocenters. The molecule has 0 radical (unpaired) electrons. The maximum absolute atomic E-state index is 10.8. The van der Waals surface area contributed by atoms with Crippen molar-refractivity contribution in [2.45, 2.75) is 0 Å². The van der Waals surface area contributed by atoms with Gasteiger partial charge in [0.15, 0.2) is 5.65 Å². The van der Waals surface area contributed by atoms with Gasteiger partial charge in [0.1, 0.15) is 17.9 Å². The van der Waals surface area contributed by atoms with E-state index in [9.17, 15) is 4.79 Å². The Kier molecular flexibility index (Phi) is 3.74. The molecule has 2 aromatic carbocycles. The molecule has 2 aromatic heterocycles. The van der Waals surface area contributed by atoms with Gasteiger partial charge >= 0.3 is 0 Å². The maximum atomic E-state index is 10.8. The molecule has 0 fully saturated rings. The van der Waals surface area contributed by atoms with Crippen molar-refractivity contribution in [2.75, 3.05) is 7.11 Å². The average molecular weight is 329 g/mol. The van der Waals surface area contributed by atoms with Crippen molar-refractivity contribution in [3.05, 3.63) is 66.4 Å². The van der Waals surface area contributed by atoms with Crippen LogP contribution in [0.1, 0.15) is 10.4 Å². The van der Waals surface area contributed by atoms with Gasteiger partial charge in [-0.05, 0) is 23.8 Å². The Bertz CT molecular complexity index is 1030. The fourth-order valence-electron chi connectivity index (χ4n) is 2.78. The lowest BCUT2D eigenvalue weighted by Gasteiger charge is -2.04. The fraction of sp³-hybridized carbons (Fsp3) is 0.0500. The number of imidazole rings is 1. The number of carbonyl (C=O) groups is 1. The third-order valence-electron chi connectivity index (χ3n) is 4.11. The molecule has 0 bridgehead atoms. The van der Waals surface area contributed by atoms with Crippen LogP contribution in [0.15, 0.2) is 60.8 Å². The lowest BCUT2D eigenvalue weighted by molar-refractivity contribution is 0.112. The fourth-order valence-corrected chi connectivity index (χ4v) is 2.78. The highest BCUT2D eigenvalue weighted by Gasteiger charge is 2.11. The predicted molar refractivity (Wildman–Crippen MR) is 96.7 cm³/mol. The summed E-state index contributed by atoms with van der Waals surface area (Å²) in [5, 5.41) is 0. The van der Waals surface area contributed by atoms with Crippen LogP contribution in [-0.2, 0) is 0 Å².